The van der Waals surface area contributed by atoms with Crippen molar-refractivity contribution in [3.63, 3.8) is 0 Å². The van der Waals surface area contributed by atoms with Crippen LogP contribution in [0.15, 0.2) is 54.6 Å². The van der Waals surface area contributed by atoms with Gasteiger partial charge in [0.2, 0.25) is 0 Å². The van der Waals surface area contributed by atoms with Crippen molar-refractivity contribution >= 4 is 17.9 Å². The summed E-state index contributed by atoms with van der Waals surface area (Å²) in [6.07, 6.45) is 1.87. The summed E-state index contributed by atoms with van der Waals surface area (Å²) >= 11 is 0. The third kappa shape index (κ3) is 5.81. The number of hydrogen-bond donors (Lipinski definition) is 1. The highest BCUT2D eigenvalue weighted by atomic mass is 19.3. The minimum absolute atomic E-state index is 0.118. The molecule has 1 aliphatic carbocycles. The number of cyclic esters (lactones) is 1. The smallest absolute Gasteiger partial charge is 0.411 e. The molecule has 1 N–H and O–H groups in total. The lowest BCUT2D eigenvalue weighted by atomic mass is 9.78. The van der Waals surface area contributed by atoms with Gasteiger partial charge in [-0.05, 0) is 80.8 Å². The first-order valence-corrected chi connectivity index (χ1v) is 15.1. The van der Waals surface area contributed by atoms with Gasteiger partial charge in [-0.15, -0.1) is 0 Å². The molecule has 0 unspecified atom stereocenters. The Morgan fingerprint density at radius 2 is 1.80 bits per heavy atom. The molecule has 3 aliphatic rings. The maximum atomic E-state index is 13.8. The third-order valence-electron chi connectivity index (χ3n) is 9.27. The molecule has 3 aromatic rings. The van der Waals surface area contributed by atoms with Crippen molar-refractivity contribution in [3.05, 3.63) is 77.0 Å². The van der Waals surface area contributed by atoms with Gasteiger partial charge in [-0.3, -0.25) is 9.69 Å². The number of amides is 1. The van der Waals surface area contributed by atoms with Crippen LogP contribution in [0.4, 0.5) is 19.4 Å². The van der Waals surface area contributed by atoms with Crippen molar-refractivity contribution in [1.29, 1.82) is 0 Å². The number of benzene rings is 2. The highest BCUT2D eigenvalue weighted by Crippen LogP contribution is 2.42. The molecule has 2 aliphatic heterocycles. The molecule has 10 heteroatoms. The van der Waals surface area contributed by atoms with E-state index in [1.165, 1.54) is 4.90 Å². The average Bonchev–Trinajstić information content (AvgIpc) is 3.28. The number of nitrogens with zero attached hydrogens (tertiary/aromatic N) is 3. The molecule has 2 aromatic carbocycles. The molecule has 232 valence electrons. The summed E-state index contributed by atoms with van der Waals surface area (Å²) < 4.78 is 39.2. The van der Waals surface area contributed by atoms with Gasteiger partial charge in [-0.25, -0.2) is 18.6 Å². The minimum Gasteiger partial charge on any atom is -0.496 e. The molecular formula is C34H37F2N3O5. The topological polar surface area (TPSA) is 92.2 Å². The Morgan fingerprint density at radius 3 is 2.45 bits per heavy atom. The molecular weight excluding hydrogens is 568 g/mol. The number of carbonyl (C=O) groups excluding carboxylic acids is 1. The number of ether oxygens (including phenoxy) is 2. The molecule has 44 heavy (non-hydrogen) atoms. The molecule has 0 radical (unpaired) electrons. The second-order valence-electron chi connectivity index (χ2n) is 12.3. The number of carbonyl (C=O) groups is 2. The predicted molar refractivity (Wildman–Crippen MR) is 161 cm³/mol. The molecule has 8 nitrogen and oxygen atoms in total. The largest absolute Gasteiger partial charge is 0.496 e. The number of carboxylic acids is 1. The first kappa shape index (κ1) is 29.8. The van der Waals surface area contributed by atoms with E-state index in [-0.39, 0.29) is 24.4 Å². The van der Waals surface area contributed by atoms with Gasteiger partial charge in [0, 0.05) is 11.1 Å². The normalized spacial score (nSPS) is 24.5. The number of methoxy groups -OCH3 is 1. The maximum Gasteiger partial charge on any atom is 0.411 e. The average molecular weight is 606 g/mol. The van der Waals surface area contributed by atoms with Gasteiger partial charge in [0.05, 0.1) is 44.4 Å². The number of halogens is 2. The lowest BCUT2D eigenvalue weighted by Crippen LogP contribution is -2.56. The summed E-state index contributed by atoms with van der Waals surface area (Å²) in [5.74, 6) is -2.56. The number of aryl methyl sites for hydroxylation is 1. The van der Waals surface area contributed by atoms with Crippen LogP contribution in [0.5, 0.6) is 5.75 Å². The second kappa shape index (κ2) is 11.7. The van der Waals surface area contributed by atoms with E-state index in [0.717, 1.165) is 40.7 Å². The second-order valence-corrected chi connectivity index (χ2v) is 12.3. The Morgan fingerprint density at radius 1 is 1.05 bits per heavy atom. The maximum absolute atomic E-state index is 13.8. The van der Waals surface area contributed by atoms with Crippen molar-refractivity contribution in [2.75, 3.05) is 25.1 Å². The lowest BCUT2D eigenvalue weighted by Gasteiger charge is -2.39. The third-order valence-corrected chi connectivity index (χ3v) is 9.27. The minimum atomic E-state index is -2.76. The van der Waals surface area contributed by atoms with Gasteiger partial charge < -0.3 is 19.5 Å². The zero-order valence-corrected chi connectivity index (χ0v) is 25.1. The van der Waals surface area contributed by atoms with Crippen LogP contribution in [-0.4, -0.2) is 59.2 Å². The summed E-state index contributed by atoms with van der Waals surface area (Å²) in [6.45, 7) is 3.23. The van der Waals surface area contributed by atoms with Gasteiger partial charge in [0.15, 0.2) is 0 Å². The monoisotopic (exact) mass is 605 g/mol. The van der Waals surface area contributed by atoms with Crippen LogP contribution < -0.4 is 9.64 Å². The van der Waals surface area contributed by atoms with Crippen molar-refractivity contribution < 1.29 is 33.0 Å². The van der Waals surface area contributed by atoms with E-state index < -0.39 is 37.2 Å². The molecule has 0 spiro atoms. The molecule has 6 rings (SSSR count). The lowest BCUT2D eigenvalue weighted by molar-refractivity contribution is -0.142. The molecule has 2 saturated heterocycles. The number of anilines is 1. The van der Waals surface area contributed by atoms with Crippen molar-refractivity contribution in [2.24, 2.45) is 5.92 Å². The van der Waals surface area contributed by atoms with E-state index in [9.17, 15) is 23.5 Å². The fraction of sp³-hybridized carbons (Fsp3) is 0.441. The zero-order chi connectivity index (χ0) is 31.2. The van der Waals surface area contributed by atoms with Crippen molar-refractivity contribution in [3.8, 4) is 16.9 Å². The number of pyridine rings is 1. The summed E-state index contributed by atoms with van der Waals surface area (Å²) in [6, 6.07) is 17.2. The van der Waals surface area contributed by atoms with Gasteiger partial charge in [0.1, 0.15) is 17.7 Å². The van der Waals surface area contributed by atoms with Crippen LogP contribution in [0.1, 0.15) is 67.0 Å². The number of hydrogen-bond acceptors (Lipinski definition) is 6. The fourth-order valence-electron chi connectivity index (χ4n) is 6.74. The highest BCUT2D eigenvalue weighted by Gasteiger charge is 2.45. The van der Waals surface area contributed by atoms with Crippen LogP contribution in [-0.2, 0) is 16.1 Å². The van der Waals surface area contributed by atoms with Crippen LogP contribution in [0, 0.1) is 12.8 Å². The molecule has 1 amide bonds. The van der Waals surface area contributed by atoms with E-state index in [0.29, 0.717) is 30.1 Å². The van der Waals surface area contributed by atoms with Crippen molar-refractivity contribution in [2.45, 2.75) is 70.1 Å². The molecule has 3 fully saturated rings. The number of carboxylic acid groups (broad SMARTS) is 1. The Kier molecular flexibility index (Phi) is 7.94. The summed E-state index contributed by atoms with van der Waals surface area (Å²) in [5.41, 5.74) is 5.12. The van der Waals surface area contributed by atoms with Gasteiger partial charge in [0.25, 0.3) is 5.92 Å². The number of aromatic nitrogens is 1. The van der Waals surface area contributed by atoms with E-state index in [4.69, 9.17) is 14.5 Å². The quantitative estimate of drug-likeness (QED) is 0.297. The number of aliphatic carboxylic acids is 1. The molecule has 1 saturated carbocycles. The van der Waals surface area contributed by atoms with Gasteiger partial charge in [-0.2, -0.15) is 0 Å². The summed E-state index contributed by atoms with van der Waals surface area (Å²) in [4.78, 5) is 32.7. The van der Waals surface area contributed by atoms with E-state index >= 15 is 0 Å². The van der Waals surface area contributed by atoms with E-state index in [2.05, 4.69) is 6.07 Å². The first-order valence-electron chi connectivity index (χ1n) is 15.1. The van der Waals surface area contributed by atoms with Gasteiger partial charge in [-0.1, -0.05) is 35.9 Å². The molecule has 3 heterocycles. The predicted octanol–water partition coefficient (Wildman–Crippen LogP) is 6.96. The van der Waals surface area contributed by atoms with Crippen LogP contribution in [0.25, 0.3) is 11.1 Å². The Labute approximate surface area is 255 Å². The molecule has 0 bridgehead atoms. The summed E-state index contributed by atoms with van der Waals surface area (Å²) in [7, 11) is 1.59. The molecule has 1 aromatic heterocycles. The summed E-state index contributed by atoms with van der Waals surface area (Å²) in [5, 5.41) is 9.44. The standard InChI is InChI=1S/C34H37F2N3O5/c1-20-5-4-6-25(15-20)31-21(2)39(33(42)44-31)17-28-26(12-14-30(37-28)38-18-34(35,36)19-38)27-16-24(11-13-29(27)43-3)22-7-9-23(10-8-22)32(40)41/h4-6,11-16,21-23,31H,7-10,17-19H2,1-3H3,(H,40,41)/t21-,22?,23?,31-/m0/s1. The van der Waals surface area contributed by atoms with Gasteiger partial charge >= 0.3 is 12.1 Å². The van der Waals surface area contributed by atoms with Crippen LogP contribution in [0.3, 0.4) is 0 Å². The Balaban J connectivity index is 1.35. The fourth-order valence-corrected chi connectivity index (χ4v) is 6.74. The zero-order valence-electron chi connectivity index (χ0n) is 25.1. The number of rotatable bonds is 8. The van der Waals surface area contributed by atoms with E-state index in [1.54, 1.807) is 18.1 Å². The Hall–Kier alpha value is -4.21. The highest BCUT2D eigenvalue weighted by molar-refractivity contribution is 5.76. The number of alkyl halides is 2. The molecule has 2 atom stereocenters. The SMILES string of the molecule is COc1ccc(C2CCC(C(=O)O)CC2)cc1-c1ccc(N2CC(F)(F)C2)nc1CN1C(=O)O[C@H](c2cccc(C)c2)[C@@H]1C. The first-order chi connectivity index (χ1) is 21.0. The van der Waals surface area contributed by atoms with E-state index in [1.807, 2.05) is 56.3 Å². The Bertz CT molecular complexity index is 1560. The van der Waals surface area contributed by atoms with Crippen LogP contribution in [0.2, 0.25) is 0 Å². The van der Waals surface area contributed by atoms with Crippen LogP contribution >= 0.6 is 0 Å². The van der Waals surface area contributed by atoms with Crippen molar-refractivity contribution in [1.82, 2.24) is 9.88 Å².